The highest BCUT2D eigenvalue weighted by Crippen LogP contribution is 2.26. The molecule has 0 saturated carbocycles. The normalized spacial score (nSPS) is 11.0. The number of phenolic OH excluding ortho intramolecular Hbond substituents is 1. The number of nitrogens with two attached hydrogens (primary N) is 1. The van der Waals surface area contributed by atoms with Gasteiger partial charge in [-0.2, -0.15) is 5.10 Å². The molecule has 1 aromatic heterocycles. The number of carbonyl (C=O) groups excluding carboxylic acids is 1. The summed E-state index contributed by atoms with van der Waals surface area (Å²) in [6.07, 6.45) is 0. The van der Waals surface area contributed by atoms with Gasteiger partial charge in [-0.3, -0.25) is 9.89 Å². The van der Waals surface area contributed by atoms with E-state index >= 15 is 0 Å². The number of hydrogen-bond acceptors (Lipinski definition) is 5. The van der Waals surface area contributed by atoms with Crippen molar-refractivity contribution < 1.29 is 11.3 Å². The van der Waals surface area contributed by atoms with Gasteiger partial charge in [-0.05, 0) is 35.9 Å². The van der Waals surface area contributed by atoms with Crippen LogP contribution in [0.3, 0.4) is 0 Å². The predicted octanol–water partition coefficient (Wildman–Crippen LogP) is 3.22. The Kier molecular flexibility index (Phi) is 4.38. The summed E-state index contributed by atoms with van der Waals surface area (Å²) in [7, 11) is 0. The zero-order valence-electron chi connectivity index (χ0n) is 14.0. The quantitative estimate of drug-likeness (QED) is 0.464. The summed E-state index contributed by atoms with van der Waals surface area (Å²) in [6, 6.07) is 13.4. The van der Waals surface area contributed by atoms with Crippen molar-refractivity contribution >= 4 is 34.8 Å². The molecule has 1 amide bonds. The number of aromatic amines is 1. The Balaban J connectivity index is 1.86. The van der Waals surface area contributed by atoms with Crippen LogP contribution in [0.25, 0.3) is 0 Å². The highest BCUT2D eigenvalue weighted by atomic mass is 35.5. The minimum atomic E-state index is -0.721. The van der Waals surface area contributed by atoms with Gasteiger partial charge in [0.25, 0.3) is 5.91 Å². The molecule has 3 rings (SSSR count). The first-order chi connectivity index (χ1) is 12.4. The van der Waals surface area contributed by atoms with Crippen LogP contribution in [0.4, 0.5) is 17.3 Å². The molecule has 0 aliphatic heterocycles. The number of primary amides is 1. The topological polar surface area (TPSA) is 116 Å². The number of H-pyrrole nitrogens is 1. The van der Waals surface area contributed by atoms with E-state index in [1.54, 1.807) is 48.5 Å². The molecule has 1 heterocycles. The molecule has 0 fully saturated rings. The van der Waals surface area contributed by atoms with E-state index in [0.29, 0.717) is 17.3 Å². The van der Waals surface area contributed by atoms with Crippen molar-refractivity contribution in [3.8, 4) is 5.75 Å². The number of carbonyl (C=O) groups is 1. The van der Waals surface area contributed by atoms with Gasteiger partial charge in [-0.15, -0.1) is 0 Å². The van der Waals surface area contributed by atoms with E-state index in [9.17, 15) is 9.90 Å². The zero-order valence-corrected chi connectivity index (χ0v) is 13.8. The first kappa shape index (κ1) is 15.3. The molecule has 25 heavy (non-hydrogen) atoms. The highest BCUT2D eigenvalue weighted by molar-refractivity contribution is 6.30. The van der Waals surface area contributed by atoms with Gasteiger partial charge in [0.05, 0.1) is 0 Å². The molecule has 0 saturated heterocycles. The summed E-state index contributed by atoms with van der Waals surface area (Å²) < 4.78 is 7.96. The largest absolute Gasteiger partial charge is 0.508 e. The number of nitrogens with zero attached hydrogens (tertiary/aromatic N) is 1. The molecule has 0 aliphatic carbocycles. The fourth-order valence-electron chi connectivity index (χ4n) is 2.26. The number of hydrogen-bond donors (Lipinski definition) is 5. The molecule has 8 heteroatoms. The fourth-order valence-corrected chi connectivity index (χ4v) is 2.45. The summed E-state index contributed by atoms with van der Waals surface area (Å²) in [5.41, 5.74) is 7.02. The summed E-state index contributed by atoms with van der Waals surface area (Å²) >= 11 is 5.95. The smallest absolute Gasteiger partial charge is 0.256 e. The van der Waals surface area contributed by atoms with Crippen molar-refractivity contribution in [1.29, 1.82) is 0 Å². The van der Waals surface area contributed by atoms with Gasteiger partial charge in [0.1, 0.15) is 17.1 Å². The van der Waals surface area contributed by atoms with Gasteiger partial charge in [0.2, 0.25) is 0 Å². The molecular weight excluding hydrogens is 342 g/mol. The lowest BCUT2D eigenvalue weighted by Gasteiger charge is -2.08. The SMILES string of the molecule is [2H]n1nc(Nc2cccc(Cl)c2)c(C(N)=O)c1NCc1ccc(O)cc1. The maximum atomic E-state index is 11.9. The lowest BCUT2D eigenvalue weighted by atomic mass is 10.2. The number of amides is 1. The number of rotatable bonds is 6. The maximum Gasteiger partial charge on any atom is 0.256 e. The lowest BCUT2D eigenvalue weighted by molar-refractivity contribution is 0.100. The molecule has 3 aromatic rings. The Morgan fingerprint density at radius 3 is 2.76 bits per heavy atom. The van der Waals surface area contributed by atoms with Gasteiger partial charge in [-0.25, -0.2) is 0 Å². The van der Waals surface area contributed by atoms with Gasteiger partial charge in [0, 0.05) is 17.3 Å². The van der Waals surface area contributed by atoms with E-state index in [-0.39, 0.29) is 22.9 Å². The number of anilines is 3. The molecule has 0 radical (unpaired) electrons. The van der Waals surface area contributed by atoms with Crippen molar-refractivity contribution in [2.45, 2.75) is 6.54 Å². The Labute approximate surface area is 150 Å². The Hall–Kier alpha value is -3.19. The number of halogens is 1. The standard InChI is InChI=1S/C17H16ClN5O2/c18-11-2-1-3-12(8-11)21-17-14(15(19)25)16(22-23-17)20-9-10-4-6-13(24)7-5-10/h1-8,24H,9H2,(H2,19,25)(H3,20,21,22,23)/i/hD. The van der Waals surface area contributed by atoms with Crippen molar-refractivity contribution in [2.24, 2.45) is 5.73 Å². The molecule has 0 atom stereocenters. The third-order valence-corrected chi connectivity index (χ3v) is 3.69. The van der Waals surface area contributed by atoms with Crippen molar-refractivity contribution in [1.82, 2.24) is 10.2 Å². The number of aromatic hydroxyl groups is 1. The Bertz CT molecular complexity index is 943. The van der Waals surface area contributed by atoms with E-state index in [1.165, 1.54) is 0 Å². The average molecular weight is 359 g/mol. The van der Waals surface area contributed by atoms with Crippen LogP contribution in [-0.2, 0) is 6.54 Å². The van der Waals surface area contributed by atoms with Crippen LogP contribution in [0.2, 0.25) is 6.43 Å². The van der Waals surface area contributed by atoms with E-state index < -0.39 is 5.91 Å². The number of aromatic nitrogens is 2. The first-order valence-electron chi connectivity index (χ1n) is 7.85. The Morgan fingerprint density at radius 1 is 1.32 bits per heavy atom. The van der Waals surface area contributed by atoms with E-state index in [4.69, 9.17) is 18.7 Å². The lowest BCUT2D eigenvalue weighted by Crippen LogP contribution is -2.15. The number of phenols is 1. The van der Waals surface area contributed by atoms with Crippen LogP contribution >= 0.6 is 11.6 Å². The third kappa shape index (κ3) is 4.02. The number of benzene rings is 2. The summed E-state index contributed by atoms with van der Waals surface area (Å²) in [4.78, 5) is 11.9. The second kappa shape index (κ2) is 7.14. The van der Waals surface area contributed by atoms with Crippen LogP contribution in [0.15, 0.2) is 48.5 Å². The molecule has 128 valence electrons. The van der Waals surface area contributed by atoms with Gasteiger partial charge in [0.15, 0.2) is 7.23 Å². The van der Waals surface area contributed by atoms with Gasteiger partial charge in [-0.1, -0.05) is 29.8 Å². The summed E-state index contributed by atoms with van der Waals surface area (Å²) in [6.45, 7) is 0.321. The minimum Gasteiger partial charge on any atom is -0.508 e. The summed E-state index contributed by atoms with van der Waals surface area (Å²) in [5.74, 6) is -0.246. The third-order valence-electron chi connectivity index (χ3n) is 3.45. The van der Waals surface area contributed by atoms with Crippen molar-refractivity contribution in [2.75, 3.05) is 10.6 Å². The van der Waals surface area contributed by atoms with E-state index in [2.05, 4.69) is 15.7 Å². The van der Waals surface area contributed by atoms with Gasteiger partial charge < -0.3 is 21.5 Å². The van der Waals surface area contributed by atoms with Crippen LogP contribution < -0.4 is 16.4 Å². The molecule has 0 spiro atoms. The van der Waals surface area contributed by atoms with Crippen LogP contribution in [0.5, 0.6) is 5.75 Å². The fraction of sp³-hybridized carbons (Fsp3) is 0.0588. The van der Waals surface area contributed by atoms with Gasteiger partial charge >= 0.3 is 0 Å². The molecule has 6 N–H and O–H groups in total. The molecule has 0 bridgehead atoms. The molecule has 0 aliphatic rings. The molecule has 0 unspecified atom stereocenters. The van der Waals surface area contributed by atoms with Crippen molar-refractivity contribution in [3.05, 3.63) is 64.7 Å². The van der Waals surface area contributed by atoms with E-state index in [0.717, 1.165) is 10.7 Å². The second-order valence-corrected chi connectivity index (χ2v) is 5.73. The molecular formula is C17H16ClN5O2. The Morgan fingerprint density at radius 2 is 2.08 bits per heavy atom. The second-order valence-electron chi connectivity index (χ2n) is 5.29. The van der Waals surface area contributed by atoms with Crippen LogP contribution in [0.1, 0.15) is 15.9 Å². The molecule has 7 nitrogen and oxygen atoms in total. The predicted molar refractivity (Wildman–Crippen MR) is 97.3 cm³/mol. The molecule has 2 aromatic carbocycles. The van der Waals surface area contributed by atoms with Crippen LogP contribution in [0, 0.1) is 0 Å². The highest BCUT2D eigenvalue weighted by Gasteiger charge is 2.18. The monoisotopic (exact) mass is 358 g/mol. The zero-order chi connectivity index (χ0) is 18.7. The average Bonchev–Trinajstić information content (AvgIpc) is 2.90. The maximum absolute atomic E-state index is 11.9. The van der Waals surface area contributed by atoms with Crippen molar-refractivity contribution in [3.63, 3.8) is 0 Å². The van der Waals surface area contributed by atoms with E-state index in [1.807, 2.05) is 0 Å². The first-order valence-corrected chi connectivity index (χ1v) is 7.78. The number of nitrogens with one attached hydrogen (secondary N) is 3. The minimum absolute atomic E-state index is 0.0683. The summed E-state index contributed by atoms with van der Waals surface area (Å²) in [5, 5.41) is 20.6. The van der Waals surface area contributed by atoms with Crippen LogP contribution in [-0.4, -0.2) is 21.2 Å².